The van der Waals surface area contributed by atoms with Crippen LogP contribution in [0.5, 0.6) is 0 Å². The minimum Gasteiger partial charge on any atom is -0.362 e. The molecule has 0 bridgehead atoms. The van der Waals surface area contributed by atoms with Crippen molar-refractivity contribution in [3.8, 4) is 0 Å². The van der Waals surface area contributed by atoms with Crippen molar-refractivity contribution in [2.75, 3.05) is 38.5 Å². The van der Waals surface area contributed by atoms with E-state index in [9.17, 15) is 4.79 Å². The van der Waals surface area contributed by atoms with Gasteiger partial charge in [0.25, 0.3) is 5.91 Å². The zero-order chi connectivity index (χ0) is 19.7. The molecule has 3 aromatic rings. The monoisotopic (exact) mass is 415 g/mol. The third-order valence-electron chi connectivity index (χ3n) is 5.32. The van der Waals surface area contributed by atoms with Crippen LogP contribution in [0.3, 0.4) is 0 Å². The average Bonchev–Trinajstić information content (AvgIpc) is 3.35. The summed E-state index contributed by atoms with van der Waals surface area (Å²) < 4.78 is 0. The summed E-state index contributed by atoms with van der Waals surface area (Å²) in [6.07, 6.45) is 2.55. The van der Waals surface area contributed by atoms with Crippen molar-refractivity contribution in [1.29, 1.82) is 0 Å². The van der Waals surface area contributed by atoms with Gasteiger partial charge in [-0.05, 0) is 37.4 Å². The van der Waals surface area contributed by atoms with Gasteiger partial charge in [-0.1, -0.05) is 13.0 Å². The van der Waals surface area contributed by atoms with E-state index >= 15 is 0 Å². The van der Waals surface area contributed by atoms with Gasteiger partial charge in [0.2, 0.25) is 0 Å². The minimum absolute atomic E-state index is 0.116. The molecule has 1 aliphatic heterocycles. The van der Waals surface area contributed by atoms with Crippen molar-refractivity contribution >= 4 is 44.6 Å². The molecule has 4 heterocycles. The van der Waals surface area contributed by atoms with Crippen LogP contribution in [0.15, 0.2) is 23.8 Å². The number of nitrogens with zero attached hydrogens (tertiary/aromatic N) is 4. The molecule has 8 heteroatoms. The molecule has 1 unspecified atom stereocenters. The number of aromatic nitrogens is 2. The second-order valence-corrected chi connectivity index (χ2v) is 9.15. The summed E-state index contributed by atoms with van der Waals surface area (Å²) in [5.41, 5.74) is 0.980. The topological polar surface area (TPSA) is 61.4 Å². The lowest BCUT2D eigenvalue weighted by atomic mass is 10.1. The molecule has 0 aromatic carbocycles. The first-order valence-electron chi connectivity index (χ1n) is 9.60. The summed E-state index contributed by atoms with van der Waals surface area (Å²) in [4.78, 5) is 29.2. The number of fused-ring (bicyclic) bond motifs is 1. The van der Waals surface area contributed by atoms with Crippen LogP contribution in [-0.2, 0) is 0 Å². The normalized spacial score (nSPS) is 16.5. The summed E-state index contributed by atoms with van der Waals surface area (Å²) in [5.74, 6) is 0.932. The molecular formula is C20H25N5OS2. The van der Waals surface area contributed by atoms with E-state index in [-0.39, 0.29) is 11.9 Å². The maximum absolute atomic E-state index is 13.1. The molecule has 1 atom stereocenters. The Hall–Kier alpha value is -2.03. The molecule has 28 heavy (non-hydrogen) atoms. The van der Waals surface area contributed by atoms with Crippen molar-refractivity contribution < 1.29 is 4.79 Å². The number of carbonyl (C=O) groups is 1. The van der Waals surface area contributed by atoms with Gasteiger partial charge in [-0.15, -0.1) is 22.7 Å². The first-order chi connectivity index (χ1) is 13.6. The molecule has 3 aromatic heterocycles. The van der Waals surface area contributed by atoms with Gasteiger partial charge in [0, 0.05) is 31.1 Å². The van der Waals surface area contributed by atoms with Gasteiger partial charge in [0.05, 0.1) is 16.3 Å². The number of nitrogens with one attached hydrogen (secondary N) is 1. The standard InChI is InChI=1S/C20H25N5OS2/c1-4-14(15-6-5-11-27-15)23-18-16-13(2)17(28-19(16)22-12-21-18)20(26)25-9-7-24(3)8-10-25/h5-6,11-12,14H,4,7-10H2,1-3H3,(H,21,22,23). The third kappa shape index (κ3) is 3.64. The highest BCUT2D eigenvalue weighted by Gasteiger charge is 2.26. The molecule has 1 amide bonds. The Balaban J connectivity index is 1.66. The highest BCUT2D eigenvalue weighted by atomic mass is 32.1. The van der Waals surface area contributed by atoms with Gasteiger partial charge in [-0.25, -0.2) is 9.97 Å². The molecule has 1 fully saturated rings. The van der Waals surface area contributed by atoms with Crippen molar-refractivity contribution in [1.82, 2.24) is 19.8 Å². The van der Waals surface area contributed by atoms with Gasteiger partial charge < -0.3 is 15.1 Å². The van der Waals surface area contributed by atoms with E-state index in [0.29, 0.717) is 0 Å². The van der Waals surface area contributed by atoms with Gasteiger partial charge in [-0.2, -0.15) is 0 Å². The van der Waals surface area contributed by atoms with E-state index in [0.717, 1.165) is 59.1 Å². The lowest BCUT2D eigenvalue weighted by Gasteiger charge is -2.32. The molecule has 0 radical (unpaired) electrons. The SMILES string of the molecule is CCC(Nc1ncnc2sc(C(=O)N3CCN(C)CC3)c(C)c12)c1cccs1. The molecule has 1 N–H and O–H groups in total. The Labute approximate surface area is 173 Å². The van der Waals surface area contributed by atoms with Crippen LogP contribution < -0.4 is 5.32 Å². The Bertz CT molecular complexity index is 961. The number of hydrogen-bond donors (Lipinski definition) is 1. The molecule has 6 nitrogen and oxygen atoms in total. The molecule has 0 saturated carbocycles. The molecule has 148 valence electrons. The number of hydrogen-bond acceptors (Lipinski definition) is 7. The summed E-state index contributed by atoms with van der Waals surface area (Å²) in [7, 11) is 2.10. The van der Waals surface area contributed by atoms with E-state index in [1.165, 1.54) is 16.2 Å². The number of likely N-dealkylation sites (N-methyl/N-ethyl adjacent to an activating group) is 1. The summed E-state index contributed by atoms with van der Waals surface area (Å²) in [6, 6.07) is 4.42. The second-order valence-electron chi connectivity index (χ2n) is 7.17. The maximum Gasteiger partial charge on any atom is 0.264 e. The zero-order valence-electron chi connectivity index (χ0n) is 16.4. The highest BCUT2D eigenvalue weighted by Crippen LogP contribution is 2.36. The fourth-order valence-corrected chi connectivity index (χ4v) is 5.55. The van der Waals surface area contributed by atoms with E-state index in [1.807, 2.05) is 11.8 Å². The maximum atomic E-state index is 13.1. The molecule has 0 spiro atoms. The number of rotatable bonds is 5. The van der Waals surface area contributed by atoms with Crippen LogP contribution in [0.25, 0.3) is 10.2 Å². The predicted molar refractivity (Wildman–Crippen MR) is 117 cm³/mol. The van der Waals surface area contributed by atoms with Gasteiger partial charge >= 0.3 is 0 Å². The second kappa shape index (κ2) is 8.14. The Kier molecular flexibility index (Phi) is 5.61. The quantitative estimate of drug-likeness (QED) is 0.682. The largest absolute Gasteiger partial charge is 0.362 e. The van der Waals surface area contributed by atoms with E-state index in [2.05, 4.69) is 51.7 Å². The molecular weight excluding hydrogens is 390 g/mol. The fourth-order valence-electron chi connectivity index (χ4n) is 3.57. The smallest absolute Gasteiger partial charge is 0.264 e. The van der Waals surface area contributed by atoms with Crippen LogP contribution in [0.1, 0.15) is 39.5 Å². The Morgan fingerprint density at radius 1 is 1.29 bits per heavy atom. The summed E-state index contributed by atoms with van der Waals surface area (Å²) >= 11 is 3.22. The van der Waals surface area contributed by atoms with Gasteiger partial charge in [0.1, 0.15) is 17.0 Å². The van der Waals surface area contributed by atoms with Crippen LogP contribution in [0.4, 0.5) is 5.82 Å². The number of amides is 1. The lowest BCUT2D eigenvalue weighted by molar-refractivity contribution is 0.0668. The fraction of sp³-hybridized carbons (Fsp3) is 0.450. The highest BCUT2D eigenvalue weighted by molar-refractivity contribution is 7.20. The van der Waals surface area contributed by atoms with E-state index in [1.54, 1.807) is 17.7 Å². The Morgan fingerprint density at radius 2 is 2.07 bits per heavy atom. The molecule has 1 aliphatic rings. The minimum atomic E-state index is 0.116. The van der Waals surface area contributed by atoms with Crippen LogP contribution in [0, 0.1) is 6.92 Å². The van der Waals surface area contributed by atoms with Crippen molar-refractivity contribution in [3.05, 3.63) is 39.2 Å². The number of anilines is 1. The molecule has 1 saturated heterocycles. The van der Waals surface area contributed by atoms with Crippen molar-refractivity contribution in [2.45, 2.75) is 26.3 Å². The first kappa shape index (κ1) is 19.3. The van der Waals surface area contributed by atoms with Crippen LogP contribution in [0.2, 0.25) is 0 Å². The average molecular weight is 416 g/mol. The predicted octanol–water partition coefficient (Wildman–Crippen LogP) is 4.01. The number of piperazine rings is 1. The lowest BCUT2D eigenvalue weighted by Crippen LogP contribution is -2.47. The number of aryl methyl sites for hydroxylation is 1. The molecule has 0 aliphatic carbocycles. The summed E-state index contributed by atoms with van der Waals surface area (Å²) in [5, 5.41) is 6.65. The van der Waals surface area contributed by atoms with Crippen molar-refractivity contribution in [3.63, 3.8) is 0 Å². The zero-order valence-corrected chi connectivity index (χ0v) is 18.1. The Morgan fingerprint density at radius 3 is 2.75 bits per heavy atom. The number of carbonyl (C=O) groups excluding carboxylic acids is 1. The van der Waals surface area contributed by atoms with Gasteiger partial charge in [0.15, 0.2) is 0 Å². The number of thiophene rings is 2. The van der Waals surface area contributed by atoms with Crippen molar-refractivity contribution in [2.24, 2.45) is 0 Å². The van der Waals surface area contributed by atoms with Crippen LogP contribution in [-0.4, -0.2) is 58.9 Å². The summed E-state index contributed by atoms with van der Waals surface area (Å²) in [6.45, 7) is 7.57. The third-order valence-corrected chi connectivity index (χ3v) is 7.49. The van der Waals surface area contributed by atoms with E-state index in [4.69, 9.17) is 0 Å². The first-order valence-corrected chi connectivity index (χ1v) is 11.3. The molecule has 4 rings (SSSR count). The van der Waals surface area contributed by atoms with E-state index < -0.39 is 0 Å². The van der Waals surface area contributed by atoms with Gasteiger partial charge in [-0.3, -0.25) is 4.79 Å². The van der Waals surface area contributed by atoms with Crippen LogP contribution >= 0.6 is 22.7 Å².